The van der Waals surface area contributed by atoms with Crippen molar-refractivity contribution in [3.8, 4) is 6.07 Å². The first-order valence-corrected chi connectivity index (χ1v) is 12.4. The summed E-state index contributed by atoms with van der Waals surface area (Å²) in [6.45, 7) is 4.88. The molecule has 186 valence electrons. The molecule has 3 aromatic rings. The number of esters is 1. The second kappa shape index (κ2) is 11.8. The van der Waals surface area contributed by atoms with E-state index in [9.17, 15) is 14.9 Å². The van der Waals surface area contributed by atoms with E-state index in [2.05, 4.69) is 11.4 Å². The van der Waals surface area contributed by atoms with E-state index in [4.69, 9.17) is 39.5 Å². The lowest BCUT2D eigenvalue weighted by Crippen LogP contribution is -2.50. The first kappa shape index (κ1) is 27.5. The van der Waals surface area contributed by atoms with E-state index < -0.39 is 17.5 Å². The molecular weight excluding hydrogens is 519 g/mol. The van der Waals surface area contributed by atoms with Crippen LogP contribution in [0.25, 0.3) is 0 Å². The predicted octanol–water partition coefficient (Wildman–Crippen LogP) is 6.99. The van der Waals surface area contributed by atoms with E-state index in [1.807, 2.05) is 49.4 Å². The highest BCUT2D eigenvalue weighted by Crippen LogP contribution is 2.29. The normalized spacial score (nSPS) is 12.8. The third-order valence-electron chi connectivity index (χ3n) is 5.84. The highest BCUT2D eigenvalue weighted by Gasteiger charge is 2.35. The van der Waals surface area contributed by atoms with Gasteiger partial charge in [0.15, 0.2) is 5.60 Å². The second-order valence-corrected chi connectivity index (χ2v) is 10.2. The molecular formula is C28H25Cl3N2O3. The number of nitrogens with one attached hydrogen (secondary N) is 1. The maximum absolute atomic E-state index is 13.2. The summed E-state index contributed by atoms with van der Waals surface area (Å²) >= 11 is 18.3. The Labute approximate surface area is 225 Å². The van der Waals surface area contributed by atoms with E-state index in [0.717, 1.165) is 11.1 Å². The van der Waals surface area contributed by atoms with Gasteiger partial charge in [-0.2, -0.15) is 5.26 Å². The smallest absolute Gasteiger partial charge is 0.342 e. The van der Waals surface area contributed by atoms with Gasteiger partial charge in [-0.3, -0.25) is 4.79 Å². The fourth-order valence-electron chi connectivity index (χ4n) is 3.80. The van der Waals surface area contributed by atoms with Gasteiger partial charge in [-0.15, -0.1) is 0 Å². The minimum Gasteiger partial charge on any atom is -0.446 e. The van der Waals surface area contributed by atoms with Gasteiger partial charge < -0.3 is 10.1 Å². The lowest BCUT2D eigenvalue weighted by atomic mass is 9.85. The molecule has 3 rings (SSSR count). The summed E-state index contributed by atoms with van der Waals surface area (Å²) in [5.41, 5.74) is 0.940. The van der Waals surface area contributed by atoms with Crippen LogP contribution in [0.4, 0.5) is 0 Å². The Morgan fingerprint density at radius 1 is 1.00 bits per heavy atom. The fourth-order valence-corrected chi connectivity index (χ4v) is 4.48. The fraction of sp³-hybridized carbons (Fsp3) is 0.250. The van der Waals surface area contributed by atoms with E-state index in [0.29, 0.717) is 17.0 Å². The van der Waals surface area contributed by atoms with Crippen molar-refractivity contribution >= 4 is 46.7 Å². The molecule has 36 heavy (non-hydrogen) atoms. The number of nitrogens with zero attached hydrogens (tertiary/aromatic N) is 1. The number of benzene rings is 3. The Morgan fingerprint density at radius 2 is 1.61 bits per heavy atom. The van der Waals surface area contributed by atoms with Gasteiger partial charge in [0.1, 0.15) is 0 Å². The van der Waals surface area contributed by atoms with E-state index in [1.165, 1.54) is 26.0 Å². The molecule has 0 aliphatic carbocycles. The summed E-state index contributed by atoms with van der Waals surface area (Å²) in [7, 11) is 0. The van der Waals surface area contributed by atoms with Gasteiger partial charge in [0.05, 0.1) is 27.2 Å². The number of nitriles is 1. The van der Waals surface area contributed by atoms with Crippen LogP contribution in [0.2, 0.25) is 15.1 Å². The molecule has 1 N–H and O–H groups in total. The van der Waals surface area contributed by atoms with Crippen LogP contribution in [0, 0.1) is 11.3 Å². The standard InChI is InChI=1S/C28H25Cl3N2O3/c1-17(33-27(35)28(2,3)36-26(34)25-23(30)8-5-9-24(25)31)22(15-18-10-12-21(29)13-11-18)20-7-4-6-19(14-20)16-32/h4-14,17,22H,15H2,1-3H3,(H,33,35)/t17-,22+/m0/s1. The first-order valence-electron chi connectivity index (χ1n) is 11.2. The molecule has 0 spiro atoms. The van der Waals surface area contributed by atoms with E-state index in [1.54, 1.807) is 12.1 Å². The van der Waals surface area contributed by atoms with Crippen molar-refractivity contribution in [1.29, 1.82) is 5.26 Å². The van der Waals surface area contributed by atoms with Crippen molar-refractivity contribution in [2.45, 2.75) is 44.8 Å². The van der Waals surface area contributed by atoms with Gasteiger partial charge in [0.25, 0.3) is 5.91 Å². The topological polar surface area (TPSA) is 79.2 Å². The predicted molar refractivity (Wildman–Crippen MR) is 143 cm³/mol. The third kappa shape index (κ3) is 6.79. The van der Waals surface area contributed by atoms with Gasteiger partial charge in [-0.05, 0) is 74.7 Å². The van der Waals surface area contributed by atoms with Crippen molar-refractivity contribution in [3.63, 3.8) is 0 Å². The van der Waals surface area contributed by atoms with Crippen LogP contribution in [-0.4, -0.2) is 23.5 Å². The summed E-state index contributed by atoms with van der Waals surface area (Å²) < 4.78 is 5.52. The van der Waals surface area contributed by atoms with Gasteiger partial charge in [0, 0.05) is 17.0 Å². The number of rotatable bonds is 8. The van der Waals surface area contributed by atoms with Crippen molar-refractivity contribution < 1.29 is 14.3 Å². The zero-order valence-corrected chi connectivity index (χ0v) is 22.3. The Kier molecular flexibility index (Phi) is 9.03. The maximum atomic E-state index is 13.2. The van der Waals surface area contributed by atoms with Crippen molar-refractivity contribution in [2.75, 3.05) is 0 Å². The molecule has 0 saturated heterocycles. The molecule has 0 unspecified atom stereocenters. The molecule has 3 aromatic carbocycles. The molecule has 8 heteroatoms. The Bertz CT molecular complexity index is 1280. The summed E-state index contributed by atoms with van der Waals surface area (Å²) in [5.74, 6) is -1.45. The number of ether oxygens (including phenoxy) is 1. The van der Waals surface area contributed by atoms with E-state index in [-0.39, 0.29) is 27.6 Å². The van der Waals surface area contributed by atoms with Crippen LogP contribution in [0.1, 0.15) is 53.7 Å². The average Bonchev–Trinajstić information content (AvgIpc) is 2.83. The van der Waals surface area contributed by atoms with Crippen molar-refractivity contribution in [2.24, 2.45) is 0 Å². The van der Waals surface area contributed by atoms with Gasteiger partial charge >= 0.3 is 5.97 Å². The van der Waals surface area contributed by atoms with Gasteiger partial charge in [-0.1, -0.05) is 65.1 Å². The number of hydrogen-bond acceptors (Lipinski definition) is 4. The first-order chi connectivity index (χ1) is 17.0. The summed E-state index contributed by atoms with van der Waals surface area (Å²) in [6, 6.07) is 21.2. The number of carbonyl (C=O) groups excluding carboxylic acids is 2. The van der Waals surface area contributed by atoms with Gasteiger partial charge in [-0.25, -0.2) is 4.79 Å². The molecule has 0 aromatic heterocycles. The Hall–Kier alpha value is -3.04. The lowest BCUT2D eigenvalue weighted by molar-refractivity contribution is -0.138. The SMILES string of the molecule is C[C@H](NC(=O)C(C)(C)OC(=O)c1c(Cl)cccc1Cl)[C@@H](Cc1ccc(Cl)cc1)c1cccc(C#N)c1. The zero-order valence-electron chi connectivity index (χ0n) is 20.0. The molecule has 2 atom stereocenters. The molecule has 0 saturated carbocycles. The Balaban J connectivity index is 1.82. The summed E-state index contributed by atoms with van der Waals surface area (Å²) in [6.07, 6.45) is 0.586. The highest BCUT2D eigenvalue weighted by atomic mass is 35.5. The minimum atomic E-state index is -1.51. The van der Waals surface area contributed by atoms with Crippen molar-refractivity contribution in [1.82, 2.24) is 5.32 Å². The van der Waals surface area contributed by atoms with Crippen LogP contribution < -0.4 is 5.32 Å². The molecule has 0 fully saturated rings. The number of carbonyl (C=O) groups is 2. The van der Waals surface area contributed by atoms with Crippen LogP contribution in [0.15, 0.2) is 66.7 Å². The number of amides is 1. The number of hydrogen-bond donors (Lipinski definition) is 1. The maximum Gasteiger partial charge on any atom is 0.342 e. The monoisotopic (exact) mass is 542 g/mol. The summed E-state index contributed by atoms with van der Waals surface area (Å²) in [4.78, 5) is 26.0. The zero-order chi connectivity index (χ0) is 26.5. The largest absolute Gasteiger partial charge is 0.446 e. The molecule has 0 heterocycles. The summed E-state index contributed by atoms with van der Waals surface area (Å²) in [5, 5.41) is 13.3. The molecule has 5 nitrogen and oxygen atoms in total. The van der Waals surface area contributed by atoms with Crippen LogP contribution >= 0.6 is 34.8 Å². The quantitative estimate of drug-likeness (QED) is 0.311. The minimum absolute atomic E-state index is 0.00342. The van der Waals surface area contributed by atoms with Crippen LogP contribution in [0.3, 0.4) is 0 Å². The second-order valence-electron chi connectivity index (χ2n) is 8.93. The number of halogens is 3. The third-order valence-corrected chi connectivity index (χ3v) is 6.72. The molecule has 0 bridgehead atoms. The van der Waals surface area contributed by atoms with Crippen LogP contribution in [-0.2, 0) is 16.0 Å². The molecule has 1 amide bonds. The molecule has 0 aliphatic heterocycles. The Morgan fingerprint density at radius 3 is 2.22 bits per heavy atom. The molecule has 0 radical (unpaired) electrons. The van der Waals surface area contributed by atoms with Crippen LogP contribution in [0.5, 0.6) is 0 Å². The van der Waals surface area contributed by atoms with Gasteiger partial charge in [0.2, 0.25) is 0 Å². The molecule has 0 aliphatic rings. The highest BCUT2D eigenvalue weighted by molar-refractivity contribution is 6.39. The van der Waals surface area contributed by atoms with E-state index >= 15 is 0 Å². The average molecular weight is 544 g/mol. The van der Waals surface area contributed by atoms with Crippen molar-refractivity contribution in [3.05, 3.63) is 104 Å². The lowest BCUT2D eigenvalue weighted by Gasteiger charge is -2.30.